The number of Topliss-reactive ketones (excluding diaryl/α,β-unsaturated/α-hetero) is 1. The van der Waals surface area contributed by atoms with E-state index in [9.17, 15) is 13.2 Å². The Morgan fingerprint density at radius 3 is 2.20 bits per heavy atom. The molecule has 0 aliphatic carbocycles. The first-order chi connectivity index (χ1) is 6.70. The van der Waals surface area contributed by atoms with Gasteiger partial charge in [0.2, 0.25) is 0 Å². The zero-order valence-corrected chi connectivity index (χ0v) is 9.91. The van der Waals surface area contributed by atoms with Gasteiger partial charge < -0.3 is 5.73 Å². The molecule has 0 fully saturated rings. The summed E-state index contributed by atoms with van der Waals surface area (Å²) in [6, 6.07) is 0. The summed E-state index contributed by atoms with van der Waals surface area (Å²) >= 11 is 0. The molecule has 0 amide bonds. The monoisotopic (exact) mass is 235 g/mol. The Morgan fingerprint density at radius 1 is 1.47 bits per heavy atom. The van der Waals surface area contributed by atoms with E-state index in [4.69, 9.17) is 10.3 Å². The fourth-order valence-electron chi connectivity index (χ4n) is 1.06. The average Bonchev–Trinajstić information content (AvgIpc) is 2.10. The van der Waals surface area contributed by atoms with Crippen LogP contribution in [0.25, 0.3) is 0 Å². The molecule has 0 spiro atoms. The van der Waals surface area contributed by atoms with Gasteiger partial charge in [0.25, 0.3) is 10.1 Å². The highest BCUT2D eigenvalue weighted by atomic mass is 32.2. The van der Waals surface area contributed by atoms with Gasteiger partial charge in [0, 0.05) is 18.4 Å². The molecule has 0 saturated heterocycles. The molecule has 0 aliphatic rings. The first-order valence-electron chi connectivity index (χ1n) is 4.59. The van der Waals surface area contributed by atoms with Crippen molar-refractivity contribution in [2.24, 2.45) is 17.6 Å². The molecule has 0 aromatic rings. The van der Waals surface area contributed by atoms with Gasteiger partial charge in [0.05, 0.1) is 4.91 Å². The third-order valence-corrected chi connectivity index (χ3v) is 2.98. The van der Waals surface area contributed by atoms with Gasteiger partial charge in [-0.15, -0.1) is 0 Å². The van der Waals surface area contributed by atoms with Crippen molar-refractivity contribution >= 4 is 15.9 Å². The van der Waals surface area contributed by atoms with E-state index in [-0.39, 0.29) is 23.2 Å². The summed E-state index contributed by atoms with van der Waals surface area (Å²) in [6.45, 7) is 4.68. The number of hydrogen-bond acceptors (Lipinski definition) is 4. The van der Waals surface area contributed by atoms with Crippen LogP contribution in [-0.4, -0.2) is 25.3 Å². The van der Waals surface area contributed by atoms with E-state index in [1.54, 1.807) is 13.8 Å². The Bertz CT molecular complexity index is 356. The maximum absolute atomic E-state index is 11.5. The van der Waals surface area contributed by atoms with E-state index in [0.29, 0.717) is 0 Å². The Labute approximate surface area is 90.1 Å². The first kappa shape index (κ1) is 14.3. The Kier molecular flexibility index (Phi) is 5.13. The largest absolute Gasteiger partial charge is 0.329 e. The van der Waals surface area contributed by atoms with Gasteiger partial charge in [-0.3, -0.25) is 9.35 Å². The fourth-order valence-corrected chi connectivity index (χ4v) is 1.40. The summed E-state index contributed by atoms with van der Waals surface area (Å²) < 4.78 is 30.1. The molecule has 15 heavy (non-hydrogen) atoms. The van der Waals surface area contributed by atoms with Gasteiger partial charge in [-0.2, -0.15) is 8.42 Å². The number of allylic oxidation sites excluding steroid dienone is 1. The number of rotatable bonds is 5. The van der Waals surface area contributed by atoms with Crippen molar-refractivity contribution in [3.8, 4) is 0 Å². The lowest BCUT2D eigenvalue weighted by molar-refractivity contribution is -0.124. The standard InChI is InChI=1S/C9H17NO4S/c1-6(2)9(11)8(5-10)4-7(3)15(12,13)14/h4,6,8H,5,10H2,1-3H3,(H,12,13,14). The summed E-state index contributed by atoms with van der Waals surface area (Å²) in [7, 11) is -4.21. The lowest BCUT2D eigenvalue weighted by Crippen LogP contribution is -2.26. The summed E-state index contributed by atoms with van der Waals surface area (Å²) in [4.78, 5) is 11.3. The van der Waals surface area contributed by atoms with Gasteiger partial charge in [-0.25, -0.2) is 0 Å². The quantitative estimate of drug-likeness (QED) is 0.679. The van der Waals surface area contributed by atoms with E-state index in [2.05, 4.69) is 0 Å². The maximum atomic E-state index is 11.5. The van der Waals surface area contributed by atoms with Crippen molar-refractivity contribution < 1.29 is 17.8 Å². The van der Waals surface area contributed by atoms with Crippen LogP contribution in [0.4, 0.5) is 0 Å². The molecule has 0 bridgehead atoms. The van der Waals surface area contributed by atoms with Crippen molar-refractivity contribution in [1.82, 2.24) is 0 Å². The molecular weight excluding hydrogens is 218 g/mol. The van der Waals surface area contributed by atoms with Gasteiger partial charge in [0.1, 0.15) is 5.78 Å². The zero-order chi connectivity index (χ0) is 12.2. The van der Waals surface area contributed by atoms with E-state index in [1.807, 2.05) is 0 Å². The third kappa shape index (κ3) is 4.55. The van der Waals surface area contributed by atoms with E-state index >= 15 is 0 Å². The predicted molar refractivity (Wildman–Crippen MR) is 57.7 cm³/mol. The number of carbonyl (C=O) groups excluding carboxylic acids is 1. The highest BCUT2D eigenvalue weighted by Gasteiger charge is 2.20. The van der Waals surface area contributed by atoms with Crippen molar-refractivity contribution in [2.75, 3.05) is 6.54 Å². The SMILES string of the molecule is CC(=CC(CN)C(=O)C(C)C)S(=O)(=O)O. The van der Waals surface area contributed by atoms with Crippen molar-refractivity contribution in [1.29, 1.82) is 0 Å². The number of ketones is 1. The van der Waals surface area contributed by atoms with Crippen LogP contribution in [0.15, 0.2) is 11.0 Å². The van der Waals surface area contributed by atoms with Crippen molar-refractivity contribution in [3.05, 3.63) is 11.0 Å². The van der Waals surface area contributed by atoms with Gasteiger partial charge in [-0.1, -0.05) is 19.9 Å². The molecule has 0 aliphatic heterocycles. The molecule has 0 aromatic heterocycles. The summed E-state index contributed by atoms with van der Waals surface area (Å²) in [5, 5.41) is 0. The van der Waals surface area contributed by atoms with Crippen molar-refractivity contribution in [2.45, 2.75) is 20.8 Å². The molecule has 3 N–H and O–H groups in total. The molecule has 88 valence electrons. The van der Waals surface area contributed by atoms with E-state index in [1.165, 1.54) is 13.0 Å². The molecule has 0 aromatic carbocycles. The molecule has 0 heterocycles. The van der Waals surface area contributed by atoms with Crippen LogP contribution in [0.3, 0.4) is 0 Å². The molecule has 5 nitrogen and oxygen atoms in total. The highest BCUT2D eigenvalue weighted by molar-refractivity contribution is 7.89. The Morgan fingerprint density at radius 2 is 1.93 bits per heavy atom. The third-order valence-electron chi connectivity index (χ3n) is 2.03. The minimum atomic E-state index is -4.21. The van der Waals surface area contributed by atoms with Crippen LogP contribution >= 0.6 is 0 Å². The molecule has 0 saturated carbocycles. The number of hydrogen-bond donors (Lipinski definition) is 2. The smallest absolute Gasteiger partial charge is 0.290 e. The van der Waals surface area contributed by atoms with Crippen LogP contribution in [0, 0.1) is 11.8 Å². The number of carbonyl (C=O) groups is 1. The van der Waals surface area contributed by atoms with Crippen LogP contribution in [0.2, 0.25) is 0 Å². The maximum Gasteiger partial charge on any atom is 0.290 e. The van der Waals surface area contributed by atoms with Crippen LogP contribution in [-0.2, 0) is 14.9 Å². The lowest BCUT2D eigenvalue weighted by Gasteiger charge is -2.12. The zero-order valence-electron chi connectivity index (χ0n) is 9.10. The molecule has 0 rings (SSSR count). The van der Waals surface area contributed by atoms with Crippen LogP contribution in [0.5, 0.6) is 0 Å². The van der Waals surface area contributed by atoms with Crippen molar-refractivity contribution in [3.63, 3.8) is 0 Å². The lowest BCUT2D eigenvalue weighted by atomic mass is 9.95. The highest BCUT2D eigenvalue weighted by Crippen LogP contribution is 2.12. The van der Waals surface area contributed by atoms with Gasteiger partial charge >= 0.3 is 0 Å². The van der Waals surface area contributed by atoms with Crippen LogP contribution < -0.4 is 5.73 Å². The van der Waals surface area contributed by atoms with Gasteiger partial charge in [-0.05, 0) is 6.92 Å². The topological polar surface area (TPSA) is 97.5 Å². The molecule has 1 unspecified atom stereocenters. The normalized spacial score (nSPS) is 15.5. The minimum Gasteiger partial charge on any atom is -0.329 e. The summed E-state index contributed by atoms with van der Waals surface area (Å²) in [5.74, 6) is -1.02. The Hall–Kier alpha value is -0.720. The van der Waals surface area contributed by atoms with Gasteiger partial charge in [0.15, 0.2) is 0 Å². The summed E-state index contributed by atoms with van der Waals surface area (Å²) in [6.07, 6.45) is 1.19. The van der Waals surface area contributed by atoms with E-state index < -0.39 is 16.0 Å². The average molecular weight is 235 g/mol. The molecule has 6 heteroatoms. The second-order valence-corrected chi connectivity index (χ2v) is 5.25. The van der Waals surface area contributed by atoms with E-state index in [0.717, 1.165) is 0 Å². The minimum absolute atomic E-state index is 0.0316. The molecule has 1 atom stereocenters. The second-order valence-electron chi connectivity index (χ2n) is 3.65. The second kappa shape index (κ2) is 5.39. The number of nitrogens with two attached hydrogens (primary N) is 1. The molecular formula is C9H17NO4S. The predicted octanol–water partition coefficient (Wildman–Crippen LogP) is 0.578. The van der Waals surface area contributed by atoms with Crippen LogP contribution in [0.1, 0.15) is 20.8 Å². The summed E-state index contributed by atoms with van der Waals surface area (Å²) in [5.41, 5.74) is 5.36. The fraction of sp³-hybridized carbons (Fsp3) is 0.667. The first-order valence-corrected chi connectivity index (χ1v) is 6.03. The molecule has 0 radical (unpaired) electrons. The Balaban J connectivity index is 4.97.